The Bertz CT molecular complexity index is 637. The van der Waals surface area contributed by atoms with Crippen molar-refractivity contribution in [1.82, 2.24) is 19.8 Å². The lowest BCUT2D eigenvalue weighted by Crippen LogP contribution is -2.42. The quantitative estimate of drug-likeness (QED) is 0.888. The first-order chi connectivity index (χ1) is 11.3. The number of fused-ring (bicyclic) bond motifs is 1. The molecule has 1 N–H and O–H groups in total. The lowest BCUT2D eigenvalue weighted by atomic mass is 9.96. The van der Waals surface area contributed by atoms with Crippen LogP contribution in [0, 0.1) is 0 Å². The van der Waals surface area contributed by atoms with Crippen LogP contribution >= 0.6 is 0 Å². The van der Waals surface area contributed by atoms with E-state index >= 15 is 0 Å². The lowest BCUT2D eigenvalue weighted by Gasteiger charge is -2.27. The monoisotopic (exact) mass is 312 g/mol. The number of nitrogens with one attached hydrogen (secondary N) is 1. The normalized spacial score (nSPS) is 15.9. The zero-order valence-corrected chi connectivity index (χ0v) is 13.6. The number of nitrogens with zero attached hydrogens (tertiary/aromatic N) is 3. The summed E-state index contributed by atoms with van der Waals surface area (Å²) in [5, 5.41) is 3.09. The van der Waals surface area contributed by atoms with Gasteiger partial charge >= 0.3 is 0 Å². The van der Waals surface area contributed by atoms with E-state index in [0.29, 0.717) is 19.0 Å². The number of hydrogen-bond donors (Lipinski definition) is 1. The Balaban J connectivity index is 1.48. The summed E-state index contributed by atoms with van der Waals surface area (Å²) in [5.41, 5.74) is 1.29. The number of imidazole rings is 1. The van der Waals surface area contributed by atoms with Crippen molar-refractivity contribution in [3.05, 3.63) is 54.1 Å². The highest BCUT2D eigenvalue weighted by Gasteiger charge is 2.19. The van der Waals surface area contributed by atoms with Gasteiger partial charge in [0, 0.05) is 37.9 Å². The summed E-state index contributed by atoms with van der Waals surface area (Å²) in [5.74, 6) is 1.51. The Morgan fingerprint density at radius 3 is 2.91 bits per heavy atom. The number of aromatic nitrogens is 2. The van der Waals surface area contributed by atoms with E-state index in [2.05, 4.69) is 51.0 Å². The Morgan fingerprint density at radius 1 is 1.30 bits per heavy atom. The number of carbonyl (C=O) groups excluding carboxylic acids is 1. The number of carbonyl (C=O) groups is 1. The molecule has 1 unspecified atom stereocenters. The SMILES string of the molecule is CCC(CNC(=O)CN1CCn2ccnc2C1)c1ccccc1. The van der Waals surface area contributed by atoms with Gasteiger partial charge < -0.3 is 9.88 Å². The van der Waals surface area contributed by atoms with E-state index in [1.165, 1.54) is 5.56 Å². The molecule has 1 aliphatic rings. The van der Waals surface area contributed by atoms with Crippen molar-refractivity contribution in [2.45, 2.75) is 32.4 Å². The van der Waals surface area contributed by atoms with Gasteiger partial charge in [-0.2, -0.15) is 0 Å². The summed E-state index contributed by atoms with van der Waals surface area (Å²) in [6.07, 6.45) is 4.84. The van der Waals surface area contributed by atoms with Crippen LogP contribution in [-0.2, 0) is 17.9 Å². The summed E-state index contributed by atoms with van der Waals surface area (Å²) >= 11 is 0. The van der Waals surface area contributed by atoms with E-state index in [1.807, 2.05) is 18.5 Å². The summed E-state index contributed by atoms with van der Waals surface area (Å²) in [7, 11) is 0. The van der Waals surface area contributed by atoms with E-state index < -0.39 is 0 Å². The molecular formula is C18H24N4O. The molecule has 5 heteroatoms. The maximum absolute atomic E-state index is 12.2. The number of amides is 1. The van der Waals surface area contributed by atoms with Gasteiger partial charge in [-0.1, -0.05) is 37.3 Å². The van der Waals surface area contributed by atoms with Gasteiger partial charge in [-0.15, -0.1) is 0 Å². The van der Waals surface area contributed by atoms with Crippen molar-refractivity contribution < 1.29 is 4.79 Å². The minimum Gasteiger partial charge on any atom is -0.354 e. The van der Waals surface area contributed by atoms with Crippen LogP contribution in [0.5, 0.6) is 0 Å². The summed E-state index contributed by atoms with van der Waals surface area (Å²) < 4.78 is 2.15. The Labute approximate surface area is 137 Å². The molecule has 0 radical (unpaired) electrons. The van der Waals surface area contributed by atoms with Crippen LogP contribution < -0.4 is 5.32 Å². The standard InChI is InChI=1S/C18H24N4O/c1-2-15(16-6-4-3-5-7-16)12-20-18(23)14-21-10-11-22-9-8-19-17(22)13-21/h3-9,15H,2,10-14H2,1H3,(H,20,23). The highest BCUT2D eigenvalue weighted by Crippen LogP contribution is 2.18. The van der Waals surface area contributed by atoms with E-state index in [0.717, 1.165) is 31.9 Å². The fourth-order valence-corrected chi connectivity index (χ4v) is 3.08. The number of hydrogen-bond acceptors (Lipinski definition) is 3. The molecule has 2 aromatic rings. The molecule has 0 saturated carbocycles. The van der Waals surface area contributed by atoms with Crippen LogP contribution in [-0.4, -0.2) is 40.0 Å². The molecule has 122 valence electrons. The zero-order chi connectivity index (χ0) is 16.1. The van der Waals surface area contributed by atoms with Gasteiger partial charge in [0.05, 0.1) is 13.1 Å². The first-order valence-electron chi connectivity index (χ1n) is 8.30. The van der Waals surface area contributed by atoms with Gasteiger partial charge in [0.15, 0.2) is 0 Å². The average molecular weight is 312 g/mol. The van der Waals surface area contributed by atoms with Crippen LogP contribution in [0.3, 0.4) is 0 Å². The van der Waals surface area contributed by atoms with E-state index in [4.69, 9.17) is 0 Å². The Kier molecular flexibility index (Phi) is 5.08. The second-order valence-corrected chi connectivity index (χ2v) is 6.07. The molecule has 1 aromatic carbocycles. The van der Waals surface area contributed by atoms with Crippen LogP contribution in [0.15, 0.2) is 42.7 Å². The first kappa shape index (κ1) is 15.7. The summed E-state index contributed by atoms with van der Waals surface area (Å²) in [6.45, 7) is 5.85. The molecular weight excluding hydrogens is 288 g/mol. The molecule has 1 amide bonds. The molecule has 2 heterocycles. The second kappa shape index (κ2) is 7.42. The topological polar surface area (TPSA) is 50.2 Å². The molecule has 23 heavy (non-hydrogen) atoms. The maximum Gasteiger partial charge on any atom is 0.234 e. The van der Waals surface area contributed by atoms with Crippen LogP contribution in [0.2, 0.25) is 0 Å². The second-order valence-electron chi connectivity index (χ2n) is 6.07. The van der Waals surface area contributed by atoms with Gasteiger partial charge in [0.2, 0.25) is 5.91 Å². The largest absolute Gasteiger partial charge is 0.354 e. The third-order valence-corrected chi connectivity index (χ3v) is 4.50. The lowest BCUT2D eigenvalue weighted by molar-refractivity contribution is -0.122. The van der Waals surface area contributed by atoms with E-state index in [9.17, 15) is 4.79 Å². The maximum atomic E-state index is 12.2. The third-order valence-electron chi connectivity index (χ3n) is 4.50. The first-order valence-corrected chi connectivity index (χ1v) is 8.30. The molecule has 1 aliphatic heterocycles. The highest BCUT2D eigenvalue weighted by molar-refractivity contribution is 5.78. The van der Waals surface area contributed by atoms with Crippen molar-refractivity contribution >= 4 is 5.91 Å². The van der Waals surface area contributed by atoms with Crippen molar-refractivity contribution in [1.29, 1.82) is 0 Å². The molecule has 1 aromatic heterocycles. The predicted molar refractivity (Wildman–Crippen MR) is 90.0 cm³/mol. The minimum absolute atomic E-state index is 0.0967. The van der Waals surface area contributed by atoms with E-state index in [1.54, 1.807) is 0 Å². The van der Waals surface area contributed by atoms with Gasteiger partial charge in [-0.25, -0.2) is 4.98 Å². The molecule has 0 saturated heterocycles. The minimum atomic E-state index is 0.0967. The molecule has 0 spiro atoms. The van der Waals surface area contributed by atoms with Gasteiger partial charge in [0.1, 0.15) is 5.82 Å². The fraction of sp³-hybridized carbons (Fsp3) is 0.444. The molecule has 0 fully saturated rings. The molecule has 0 aliphatic carbocycles. The molecule has 5 nitrogen and oxygen atoms in total. The van der Waals surface area contributed by atoms with E-state index in [-0.39, 0.29) is 5.91 Å². The molecule has 1 atom stereocenters. The van der Waals surface area contributed by atoms with Crippen molar-refractivity contribution in [2.75, 3.05) is 19.6 Å². The molecule has 0 bridgehead atoms. The third kappa shape index (κ3) is 3.99. The average Bonchev–Trinajstić information content (AvgIpc) is 3.04. The van der Waals surface area contributed by atoms with Crippen LogP contribution in [0.1, 0.15) is 30.7 Å². The molecule has 3 rings (SSSR count). The van der Waals surface area contributed by atoms with Gasteiger partial charge in [0.25, 0.3) is 0 Å². The Morgan fingerprint density at radius 2 is 2.13 bits per heavy atom. The van der Waals surface area contributed by atoms with Crippen molar-refractivity contribution in [3.8, 4) is 0 Å². The number of benzene rings is 1. The van der Waals surface area contributed by atoms with Crippen molar-refractivity contribution in [3.63, 3.8) is 0 Å². The smallest absolute Gasteiger partial charge is 0.234 e. The Hall–Kier alpha value is -2.14. The zero-order valence-electron chi connectivity index (χ0n) is 13.6. The summed E-state index contributed by atoms with van der Waals surface area (Å²) in [6, 6.07) is 10.4. The van der Waals surface area contributed by atoms with Gasteiger partial charge in [-0.05, 0) is 12.0 Å². The number of rotatable bonds is 6. The summed E-state index contributed by atoms with van der Waals surface area (Å²) in [4.78, 5) is 18.7. The van der Waals surface area contributed by atoms with Crippen LogP contribution in [0.4, 0.5) is 0 Å². The predicted octanol–water partition coefficient (Wildman–Crippen LogP) is 2.01. The van der Waals surface area contributed by atoms with Crippen molar-refractivity contribution in [2.24, 2.45) is 0 Å². The van der Waals surface area contributed by atoms with Gasteiger partial charge in [-0.3, -0.25) is 9.69 Å². The highest BCUT2D eigenvalue weighted by atomic mass is 16.2. The van der Waals surface area contributed by atoms with Crippen LogP contribution in [0.25, 0.3) is 0 Å². The fourth-order valence-electron chi connectivity index (χ4n) is 3.08.